The molecule has 1 unspecified atom stereocenters. The van der Waals surface area contributed by atoms with E-state index in [9.17, 15) is 4.79 Å². The van der Waals surface area contributed by atoms with Crippen LogP contribution in [-0.4, -0.2) is 30.4 Å². The highest BCUT2D eigenvalue weighted by atomic mass is 16.1. The third-order valence-corrected chi connectivity index (χ3v) is 5.51. The number of aryl methyl sites for hydroxylation is 1. The Morgan fingerprint density at radius 3 is 2.47 bits per heavy atom. The van der Waals surface area contributed by atoms with Crippen LogP contribution < -0.4 is 10.9 Å². The molecule has 0 saturated carbocycles. The summed E-state index contributed by atoms with van der Waals surface area (Å²) in [6, 6.07) is 16.0. The highest BCUT2D eigenvalue weighted by Crippen LogP contribution is 2.41. The van der Waals surface area contributed by atoms with Crippen LogP contribution >= 0.6 is 0 Å². The summed E-state index contributed by atoms with van der Waals surface area (Å²) in [4.78, 5) is 12.7. The van der Waals surface area contributed by atoms with Gasteiger partial charge in [-0.25, -0.2) is 5.10 Å². The van der Waals surface area contributed by atoms with Gasteiger partial charge in [-0.1, -0.05) is 73.0 Å². The van der Waals surface area contributed by atoms with Crippen molar-refractivity contribution in [2.45, 2.75) is 32.7 Å². The van der Waals surface area contributed by atoms with Crippen LogP contribution in [0.25, 0.3) is 11.3 Å². The molecule has 30 heavy (non-hydrogen) atoms. The number of H-pyrrole nitrogens is 1. The molecule has 0 saturated heterocycles. The summed E-state index contributed by atoms with van der Waals surface area (Å²) in [5.74, 6) is 0.850. The first kappa shape index (κ1) is 18.2. The number of hydrogen-bond acceptors (Lipinski definition) is 6. The van der Waals surface area contributed by atoms with E-state index < -0.39 is 0 Å². The second-order valence-electron chi connectivity index (χ2n) is 7.85. The Morgan fingerprint density at radius 2 is 1.77 bits per heavy atom. The van der Waals surface area contributed by atoms with Gasteiger partial charge in [0.15, 0.2) is 0 Å². The van der Waals surface area contributed by atoms with Gasteiger partial charge in [0.05, 0.1) is 5.69 Å². The van der Waals surface area contributed by atoms with Crippen LogP contribution in [0.15, 0.2) is 53.3 Å². The quantitative estimate of drug-likeness (QED) is 0.481. The van der Waals surface area contributed by atoms with E-state index in [4.69, 9.17) is 0 Å². The van der Waals surface area contributed by atoms with Crippen LogP contribution in [0.1, 0.15) is 48.1 Å². The van der Waals surface area contributed by atoms with Gasteiger partial charge < -0.3 is 5.32 Å². The van der Waals surface area contributed by atoms with Gasteiger partial charge in [0.25, 0.3) is 5.56 Å². The van der Waals surface area contributed by atoms with E-state index in [-0.39, 0.29) is 11.6 Å². The Labute approximate surface area is 173 Å². The van der Waals surface area contributed by atoms with Gasteiger partial charge >= 0.3 is 0 Å². The minimum atomic E-state index is -0.376. The van der Waals surface area contributed by atoms with Crippen LogP contribution in [0, 0.1) is 6.92 Å². The van der Waals surface area contributed by atoms with E-state index >= 15 is 0 Å². The highest BCUT2D eigenvalue weighted by Gasteiger charge is 2.34. The first-order valence-electron chi connectivity index (χ1n) is 9.87. The average Bonchev–Trinajstić information content (AvgIpc) is 3.22. The minimum absolute atomic E-state index is 0.307. The second kappa shape index (κ2) is 6.91. The van der Waals surface area contributed by atoms with Crippen molar-refractivity contribution in [3.63, 3.8) is 0 Å². The zero-order valence-corrected chi connectivity index (χ0v) is 16.9. The largest absolute Gasteiger partial charge is 0.318 e. The number of aromatic nitrogens is 6. The summed E-state index contributed by atoms with van der Waals surface area (Å²) in [6.45, 7) is 6.36. The van der Waals surface area contributed by atoms with Crippen LogP contribution in [0.5, 0.6) is 0 Å². The summed E-state index contributed by atoms with van der Waals surface area (Å²) < 4.78 is 1.70. The molecule has 8 nitrogen and oxygen atoms in total. The summed E-state index contributed by atoms with van der Waals surface area (Å²) in [5, 5.41) is 22.2. The number of nitrogens with zero attached hydrogens (tertiary/aromatic N) is 5. The van der Waals surface area contributed by atoms with Crippen molar-refractivity contribution in [1.82, 2.24) is 30.4 Å². The fourth-order valence-electron chi connectivity index (χ4n) is 3.84. The van der Waals surface area contributed by atoms with Gasteiger partial charge in [-0.05, 0) is 34.4 Å². The molecule has 2 aromatic heterocycles. The fourth-order valence-corrected chi connectivity index (χ4v) is 3.84. The minimum Gasteiger partial charge on any atom is -0.318 e. The summed E-state index contributed by atoms with van der Waals surface area (Å²) in [6.07, 6.45) is 0. The molecule has 1 atom stereocenters. The summed E-state index contributed by atoms with van der Waals surface area (Å²) in [5.41, 5.74) is 5.84. The van der Waals surface area contributed by atoms with E-state index in [2.05, 4.69) is 69.2 Å². The van der Waals surface area contributed by atoms with Crippen LogP contribution in [0.4, 0.5) is 11.6 Å². The van der Waals surface area contributed by atoms with Gasteiger partial charge in [0.2, 0.25) is 5.95 Å². The van der Waals surface area contributed by atoms with Crippen molar-refractivity contribution in [2.75, 3.05) is 5.32 Å². The van der Waals surface area contributed by atoms with Crippen molar-refractivity contribution < 1.29 is 0 Å². The number of aromatic amines is 1. The summed E-state index contributed by atoms with van der Waals surface area (Å²) >= 11 is 0. The zero-order valence-electron chi connectivity index (χ0n) is 16.9. The average molecular weight is 399 g/mol. The van der Waals surface area contributed by atoms with E-state index in [1.165, 1.54) is 5.56 Å². The van der Waals surface area contributed by atoms with Crippen LogP contribution in [0.2, 0.25) is 0 Å². The Hall–Kier alpha value is -3.81. The molecule has 2 N–H and O–H groups in total. The predicted octanol–water partition coefficient (Wildman–Crippen LogP) is 3.55. The lowest BCUT2D eigenvalue weighted by atomic mass is 9.91. The normalized spacial score (nSPS) is 14.9. The smallest absolute Gasteiger partial charge is 0.288 e. The molecule has 0 spiro atoms. The Morgan fingerprint density at radius 1 is 1.03 bits per heavy atom. The molecule has 150 valence electrons. The topological polar surface area (TPSA) is 101 Å². The molecular weight excluding hydrogens is 378 g/mol. The van der Waals surface area contributed by atoms with Crippen molar-refractivity contribution in [3.8, 4) is 11.3 Å². The zero-order chi connectivity index (χ0) is 20.8. The van der Waals surface area contributed by atoms with Gasteiger partial charge in [-0.15, -0.1) is 0 Å². The molecule has 2 aromatic carbocycles. The first-order chi connectivity index (χ1) is 14.5. The number of fused-ring (bicyclic) bond motifs is 2. The monoisotopic (exact) mass is 399 g/mol. The van der Waals surface area contributed by atoms with Gasteiger partial charge in [0.1, 0.15) is 11.7 Å². The third kappa shape index (κ3) is 2.88. The molecule has 1 aliphatic heterocycles. The molecular formula is C22H21N7O. The Balaban J connectivity index is 1.76. The number of nitrogens with one attached hydrogen (secondary N) is 2. The number of hydrogen-bond donors (Lipinski definition) is 2. The van der Waals surface area contributed by atoms with Gasteiger partial charge in [0, 0.05) is 11.1 Å². The van der Waals surface area contributed by atoms with Gasteiger partial charge in [-0.3, -0.25) is 4.79 Å². The first-order valence-corrected chi connectivity index (χ1v) is 9.87. The van der Waals surface area contributed by atoms with E-state index in [1.54, 1.807) is 4.68 Å². The highest BCUT2D eigenvalue weighted by molar-refractivity contribution is 5.75. The van der Waals surface area contributed by atoms with Crippen molar-refractivity contribution in [2.24, 2.45) is 0 Å². The SMILES string of the molecule is Cc1ccc(-c2n[nH]c(=O)c3c2C(c2ccc(C(C)C)cc2)n2nnnc2N3)cc1. The third-order valence-electron chi connectivity index (χ3n) is 5.51. The number of benzene rings is 2. The molecule has 8 heteroatoms. The number of rotatable bonds is 3. The molecule has 0 aliphatic carbocycles. The standard InChI is InChI=1S/C22H21N7O/c1-12(2)14-8-10-16(11-9-14)20-17-18(15-6-4-13(3)5-7-15)24-25-21(30)19(17)23-22-26-27-28-29(20)22/h4-12,20H,1-3H3,(H,25,30)(H,23,26,28). The lowest BCUT2D eigenvalue weighted by Crippen LogP contribution is -2.29. The maximum Gasteiger partial charge on any atom is 0.288 e. The van der Waals surface area contributed by atoms with Crippen molar-refractivity contribution in [1.29, 1.82) is 0 Å². The maximum absolute atomic E-state index is 12.7. The second-order valence-corrected chi connectivity index (χ2v) is 7.85. The molecule has 0 fully saturated rings. The lowest BCUT2D eigenvalue weighted by Gasteiger charge is -2.28. The van der Waals surface area contributed by atoms with Crippen molar-refractivity contribution in [3.05, 3.63) is 81.1 Å². The van der Waals surface area contributed by atoms with Crippen LogP contribution in [-0.2, 0) is 0 Å². The number of anilines is 2. The molecule has 0 bridgehead atoms. The molecule has 1 aliphatic rings. The Kier molecular flexibility index (Phi) is 4.20. The van der Waals surface area contributed by atoms with Crippen molar-refractivity contribution >= 4 is 11.6 Å². The molecule has 0 radical (unpaired) electrons. The lowest BCUT2D eigenvalue weighted by molar-refractivity contribution is 0.567. The fraction of sp³-hybridized carbons (Fsp3) is 0.227. The molecule has 4 aromatic rings. The predicted molar refractivity (Wildman–Crippen MR) is 114 cm³/mol. The summed E-state index contributed by atoms with van der Waals surface area (Å²) in [7, 11) is 0. The molecule has 3 heterocycles. The maximum atomic E-state index is 12.7. The van der Waals surface area contributed by atoms with E-state index in [0.29, 0.717) is 23.2 Å². The van der Waals surface area contributed by atoms with E-state index in [0.717, 1.165) is 22.3 Å². The number of tetrazole rings is 1. The van der Waals surface area contributed by atoms with Gasteiger partial charge in [-0.2, -0.15) is 9.78 Å². The molecule has 5 rings (SSSR count). The Bertz CT molecular complexity index is 1270. The van der Waals surface area contributed by atoms with Crippen LogP contribution in [0.3, 0.4) is 0 Å². The van der Waals surface area contributed by atoms with E-state index in [1.807, 2.05) is 31.2 Å². The molecule has 0 amide bonds.